The highest BCUT2D eigenvalue weighted by molar-refractivity contribution is 6.39. The highest BCUT2D eigenvalue weighted by Crippen LogP contribution is 2.31. The van der Waals surface area contributed by atoms with Gasteiger partial charge in [0.05, 0.1) is 6.04 Å². The van der Waals surface area contributed by atoms with Crippen LogP contribution in [0.5, 0.6) is 0 Å². The average molecular weight is 400 g/mol. The van der Waals surface area contributed by atoms with Crippen LogP contribution < -0.4 is 5.32 Å². The van der Waals surface area contributed by atoms with Crippen LogP contribution in [0.25, 0.3) is 10.8 Å². The van der Waals surface area contributed by atoms with Gasteiger partial charge in [-0.2, -0.15) is 5.10 Å². The number of hydrogen-bond donors (Lipinski definition) is 1. The minimum absolute atomic E-state index is 0.0677. The van der Waals surface area contributed by atoms with Gasteiger partial charge in [-0.05, 0) is 28.3 Å². The van der Waals surface area contributed by atoms with Crippen molar-refractivity contribution < 1.29 is 4.79 Å². The van der Waals surface area contributed by atoms with E-state index in [2.05, 4.69) is 65.8 Å². The van der Waals surface area contributed by atoms with Crippen LogP contribution >= 0.6 is 0 Å². The Morgan fingerprint density at radius 1 is 1.00 bits per heavy atom. The molecular formula is C26H29N3O. The Bertz CT molecular complexity index is 1020. The minimum Gasteiger partial charge on any atom is -0.347 e. The Morgan fingerprint density at radius 2 is 1.77 bits per heavy atom. The number of hydrogen-bond acceptors (Lipinski definition) is 3. The Kier molecular flexibility index (Phi) is 6.43. The van der Waals surface area contributed by atoms with Crippen molar-refractivity contribution in [1.29, 1.82) is 0 Å². The van der Waals surface area contributed by atoms with Gasteiger partial charge in [0.1, 0.15) is 5.71 Å². The fraction of sp³-hybridized carbons (Fsp3) is 0.308. The van der Waals surface area contributed by atoms with Gasteiger partial charge in [0.2, 0.25) is 0 Å². The molecule has 0 radical (unpaired) electrons. The summed E-state index contributed by atoms with van der Waals surface area (Å²) in [6, 6.07) is 25.0. The summed E-state index contributed by atoms with van der Waals surface area (Å²) in [4.78, 5) is 12.9. The maximum atomic E-state index is 12.9. The number of amides is 1. The zero-order valence-corrected chi connectivity index (χ0v) is 17.6. The molecule has 1 heterocycles. The van der Waals surface area contributed by atoms with E-state index in [0.717, 1.165) is 18.5 Å². The molecule has 0 fully saturated rings. The lowest BCUT2D eigenvalue weighted by molar-refractivity contribution is -0.115. The molecule has 0 saturated heterocycles. The lowest BCUT2D eigenvalue weighted by Crippen LogP contribution is -2.30. The smallest absolute Gasteiger partial charge is 0.267 e. The number of rotatable bonds is 8. The molecule has 3 aromatic rings. The lowest BCUT2D eigenvalue weighted by atomic mass is 10.0. The van der Waals surface area contributed by atoms with Crippen molar-refractivity contribution in [3.63, 3.8) is 0 Å². The first-order valence-electron chi connectivity index (χ1n) is 10.9. The second kappa shape index (κ2) is 9.57. The van der Waals surface area contributed by atoms with Crippen LogP contribution in [0.15, 0.2) is 77.9 Å². The van der Waals surface area contributed by atoms with Gasteiger partial charge in [-0.25, -0.2) is 0 Å². The molecule has 0 aliphatic carbocycles. The Morgan fingerprint density at radius 3 is 2.60 bits per heavy atom. The van der Waals surface area contributed by atoms with E-state index in [-0.39, 0.29) is 11.9 Å². The van der Waals surface area contributed by atoms with Crippen molar-refractivity contribution >= 4 is 22.4 Å². The number of nitrogens with zero attached hydrogens (tertiary/aromatic N) is 2. The van der Waals surface area contributed by atoms with Crippen molar-refractivity contribution in [3.8, 4) is 0 Å². The fourth-order valence-corrected chi connectivity index (χ4v) is 4.11. The molecule has 1 atom stereocenters. The summed E-state index contributed by atoms with van der Waals surface area (Å²) in [7, 11) is 0. The Balaban J connectivity index is 1.46. The molecule has 4 heteroatoms. The molecule has 0 spiro atoms. The molecule has 4 nitrogen and oxygen atoms in total. The molecule has 0 saturated carbocycles. The highest BCUT2D eigenvalue weighted by Gasteiger charge is 2.30. The molecule has 1 N–H and O–H groups in total. The summed E-state index contributed by atoms with van der Waals surface area (Å²) in [5, 5.41) is 12.3. The monoisotopic (exact) mass is 399 g/mol. The molecular weight excluding hydrogens is 370 g/mol. The zero-order chi connectivity index (χ0) is 20.8. The molecule has 3 aromatic carbocycles. The third-order valence-corrected chi connectivity index (χ3v) is 5.75. The average Bonchev–Trinajstić information content (AvgIpc) is 3.22. The summed E-state index contributed by atoms with van der Waals surface area (Å²) in [5.74, 6) is -0.0677. The summed E-state index contributed by atoms with van der Waals surface area (Å²) < 4.78 is 0. The van der Waals surface area contributed by atoms with E-state index in [1.165, 1.54) is 29.2 Å². The fourth-order valence-electron chi connectivity index (χ4n) is 4.11. The van der Waals surface area contributed by atoms with Gasteiger partial charge >= 0.3 is 0 Å². The number of benzene rings is 3. The molecule has 154 valence electrons. The van der Waals surface area contributed by atoms with Crippen LogP contribution in [0.4, 0.5) is 0 Å². The number of fused-ring (bicyclic) bond motifs is 1. The van der Waals surface area contributed by atoms with E-state index in [9.17, 15) is 4.79 Å². The second-order valence-electron chi connectivity index (χ2n) is 7.87. The van der Waals surface area contributed by atoms with Crippen molar-refractivity contribution in [2.24, 2.45) is 5.10 Å². The van der Waals surface area contributed by atoms with E-state index in [0.29, 0.717) is 18.7 Å². The number of carbonyl (C=O) groups is 1. The largest absolute Gasteiger partial charge is 0.347 e. The third-order valence-electron chi connectivity index (χ3n) is 5.75. The lowest BCUT2D eigenvalue weighted by Gasteiger charge is -2.23. The number of carbonyl (C=O) groups excluding carboxylic acids is 1. The second-order valence-corrected chi connectivity index (χ2v) is 7.87. The molecule has 0 aromatic heterocycles. The van der Waals surface area contributed by atoms with Gasteiger partial charge in [0.25, 0.3) is 5.91 Å². The van der Waals surface area contributed by atoms with E-state index < -0.39 is 0 Å². The number of unbranched alkanes of at least 4 members (excludes halogenated alkanes) is 2. The third kappa shape index (κ3) is 4.54. The van der Waals surface area contributed by atoms with Crippen LogP contribution in [-0.2, 0) is 11.3 Å². The van der Waals surface area contributed by atoms with Crippen molar-refractivity contribution in [3.05, 3.63) is 83.9 Å². The normalized spacial score (nSPS) is 16.0. The number of hydrazone groups is 1. The highest BCUT2D eigenvalue weighted by atomic mass is 16.2. The molecule has 4 rings (SSSR count). The van der Waals surface area contributed by atoms with Crippen molar-refractivity contribution in [2.75, 3.05) is 6.54 Å². The maximum Gasteiger partial charge on any atom is 0.267 e. The first-order valence-corrected chi connectivity index (χ1v) is 10.9. The van der Waals surface area contributed by atoms with Crippen molar-refractivity contribution in [1.82, 2.24) is 10.3 Å². The van der Waals surface area contributed by atoms with Gasteiger partial charge in [-0.1, -0.05) is 92.6 Å². The first-order chi connectivity index (χ1) is 14.8. The van der Waals surface area contributed by atoms with Crippen LogP contribution in [0.3, 0.4) is 0 Å². The summed E-state index contributed by atoms with van der Waals surface area (Å²) in [6.07, 6.45) is 4.09. The van der Waals surface area contributed by atoms with Crippen LogP contribution in [-0.4, -0.2) is 23.2 Å². The maximum absolute atomic E-state index is 12.9. The van der Waals surface area contributed by atoms with Crippen LogP contribution in [0, 0.1) is 0 Å². The minimum atomic E-state index is -0.0677. The SMILES string of the molecule is CCCCCN1N=C(C(=O)NCc2cccc3ccccc23)CC1c1ccccc1. The first kappa shape index (κ1) is 20.1. The summed E-state index contributed by atoms with van der Waals surface area (Å²) in [5.41, 5.74) is 2.97. The Hall–Kier alpha value is -3.14. The van der Waals surface area contributed by atoms with Crippen LogP contribution in [0.1, 0.15) is 49.8 Å². The quantitative estimate of drug-likeness (QED) is 0.512. The topological polar surface area (TPSA) is 44.7 Å². The van der Waals surface area contributed by atoms with E-state index >= 15 is 0 Å². The molecule has 0 bridgehead atoms. The molecule has 30 heavy (non-hydrogen) atoms. The van der Waals surface area contributed by atoms with Gasteiger partial charge in [-0.3, -0.25) is 9.80 Å². The van der Waals surface area contributed by atoms with Gasteiger partial charge in [0, 0.05) is 19.5 Å². The summed E-state index contributed by atoms with van der Waals surface area (Å²) in [6.45, 7) is 3.59. The number of nitrogens with one attached hydrogen (secondary N) is 1. The van der Waals surface area contributed by atoms with E-state index in [4.69, 9.17) is 5.10 Å². The molecule has 1 aliphatic rings. The van der Waals surface area contributed by atoms with Crippen molar-refractivity contribution in [2.45, 2.75) is 45.2 Å². The predicted octanol–water partition coefficient (Wildman–Crippen LogP) is 5.45. The van der Waals surface area contributed by atoms with Gasteiger partial charge in [0.15, 0.2) is 0 Å². The molecule has 1 unspecified atom stereocenters. The predicted molar refractivity (Wildman–Crippen MR) is 123 cm³/mol. The standard InChI is InChI=1S/C26H29N3O/c1-2-3-9-17-29-25(21-12-5-4-6-13-21)18-24(28-29)26(30)27-19-22-15-10-14-20-11-7-8-16-23(20)22/h4-8,10-16,25H,2-3,9,17-19H2,1H3,(H,27,30). The zero-order valence-electron chi connectivity index (χ0n) is 17.6. The van der Waals surface area contributed by atoms with E-state index in [1.54, 1.807) is 0 Å². The van der Waals surface area contributed by atoms with E-state index in [1.807, 2.05) is 24.3 Å². The molecule has 1 amide bonds. The van der Waals surface area contributed by atoms with Gasteiger partial charge < -0.3 is 5.32 Å². The Labute approximate surface area is 178 Å². The summed E-state index contributed by atoms with van der Waals surface area (Å²) >= 11 is 0. The molecule has 1 aliphatic heterocycles. The van der Waals surface area contributed by atoms with Crippen LogP contribution in [0.2, 0.25) is 0 Å². The van der Waals surface area contributed by atoms with Gasteiger partial charge in [-0.15, -0.1) is 0 Å².